The zero-order valence-electron chi connectivity index (χ0n) is 13.8. The van der Waals surface area contributed by atoms with Gasteiger partial charge in [0.05, 0.1) is 0 Å². The van der Waals surface area contributed by atoms with Crippen LogP contribution in [0.25, 0.3) is 0 Å². The molecule has 0 amide bonds. The molecule has 0 fully saturated rings. The maximum atomic E-state index is 6.41. The van der Waals surface area contributed by atoms with Crippen molar-refractivity contribution >= 4 is 0 Å². The van der Waals surface area contributed by atoms with Crippen LogP contribution >= 0.6 is 0 Å². The zero-order chi connectivity index (χ0) is 16.8. The van der Waals surface area contributed by atoms with Gasteiger partial charge in [0.25, 0.3) is 0 Å². The third-order valence-electron chi connectivity index (χ3n) is 4.36. The van der Waals surface area contributed by atoms with Crippen molar-refractivity contribution < 1.29 is 0 Å². The van der Waals surface area contributed by atoms with Gasteiger partial charge in [-0.05, 0) is 35.1 Å². The predicted molar refractivity (Wildman–Crippen MR) is 101 cm³/mol. The van der Waals surface area contributed by atoms with E-state index < -0.39 is 0 Å². The first-order chi connectivity index (χ1) is 11.7. The van der Waals surface area contributed by atoms with Gasteiger partial charge >= 0.3 is 0 Å². The molecule has 3 rings (SSSR count). The molecule has 0 aromatic heterocycles. The van der Waals surface area contributed by atoms with Crippen LogP contribution in [-0.4, -0.2) is 0 Å². The van der Waals surface area contributed by atoms with Crippen molar-refractivity contribution in [1.29, 1.82) is 0 Å². The minimum Gasteiger partial charge on any atom is -0.324 e. The van der Waals surface area contributed by atoms with Gasteiger partial charge in [0.1, 0.15) is 0 Å². The summed E-state index contributed by atoms with van der Waals surface area (Å²) in [5.74, 6) is 0. The van der Waals surface area contributed by atoms with Gasteiger partial charge in [0, 0.05) is 12.1 Å². The topological polar surface area (TPSA) is 52.0 Å². The number of hydrogen-bond acceptors (Lipinski definition) is 2. The first-order valence-corrected chi connectivity index (χ1v) is 8.41. The van der Waals surface area contributed by atoms with Crippen LogP contribution in [0.2, 0.25) is 0 Å². The fourth-order valence-corrected chi connectivity index (χ4v) is 2.99. The highest BCUT2D eigenvalue weighted by atomic mass is 14.6. The molecule has 122 valence electrons. The Kier molecular flexibility index (Phi) is 5.42. The van der Waals surface area contributed by atoms with Crippen LogP contribution in [0.15, 0.2) is 84.9 Å². The summed E-state index contributed by atoms with van der Waals surface area (Å²) in [5.41, 5.74) is 17.6. The van der Waals surface area contributed by atoms with E-state index in [2.05, 4.69) is 48.5 Å². The highest BCUT2D eigenvalue weighted by Gasteiger charge is 2.11. The third kappa shape index (κ3) is 4.31. The Hall–Kier alpha value is -2.42. The van der Waals surface area contributed by atoms with Gasteiger partial charge in [0.2, 0.25) is 0 Å². The molecular weight excluding hydrogens is 292 g/mol. The smallest absolute Gasteiger partial charge is 0.0335 e. The van der Waals surface area contributed by atoms with Gasteiger partial charge in [0.15, 0.2) is 0 Å². The lowest BCUT2D eigenvalue weighted by molar-refractivity contribution is 0.699. The maximum Gasteiger partial charge on any atom is 0.0335 e. The fraction of sp³-hybridized carbons (Fsp3) is 0.182. The lowest BCUT2D eigenvalue weighted by Crippen LogP contribution is -2.16. The maximum absolute atomic E-state index is 6.41. The van der Waals surface area contributed by atoms with E-state index in [4.69, 9.17) is 11.5 Å². The SMILES string of the molecule is NC(Cc1ccccc1)c1cccc(C(N)Cc2ccccc2)c1. The number of rotatable bonds is 6. The van der Waals surface area contributed by atoms with E-state index in [0.29, 0.717) is 0 Å². The second-order valence-corrected chi connectivity index (χ2v) is 6.26. The van der Waals surface area contributed by atoms with Crippen molar-refractivity contribution in [1.82, 2.24) is 0 Å². The summed E-state index contributed by atoms with van der Waals surface area (Å²) in [5, 5.41) is 0. The van der Waals surface area contributed by atoms with Crippen LogP contribution in [0.4, 0.5) is 0 Å². The molecule has 0 bridgehead atoms. The molecule has 0 aliphatic heterocycles. The highest BCUT2D eigenvalue weighted by molar-refractivity contribution is 5.31. The van der Waals surface area contributed by atoms with Gasteiger partial charge in [-0.2, -0.15) is 0 Å². The monoisotopic (exact) mass is 316 g/mol. The molecule has 4 N–H and O–H groups in total. The van der Waals surface area contributed by atoms with Gasteiger partial charge in [-0.1, -0.05) is 84.9 Å². The largest absolute Gasteiger partial charge is 0.324 e. The molecule has 2 nitrogen and oxygen atoms in total. The van der Waals surface area contributed by atoms with E-state index in [0.717, 1.165) is 24.0 Å². The summed E-state index contributed by atoms with van der Waals surface area (Å²) < 4.78 is 0. The van der Waals surface area contributed by atoms with Crippen LogP contribution in [0.3, 0.4) is 0 Å². The number of nitrogens with two attached hydrogens (primary N) is 2. The second-order valence-electron chi connectivity index (χ2n) is 6.26. The van der Waals surface area contributed by atoms with Crippen molar-refractivity contribution in [3.05, 3.63) is 107 Å². The predicted octanol–water partition coefficient (Wildman–Crippen LogP) is 4.17. The van der Waals surface area contributed by atoms with E-state index in [9.17, 15) is 0 Å². The Bertz CT molecular complexity index is 690. The minimum absolute atomic E-state index is 0.0173. The molecule has 0 aliphatic rings. The molecule has 0 radical (unpaired) electrons. The van der Waals surface area contributed by atoms with Crippen molar-refractivity contribution in [2.24, 2.45) is 11.5 Å². The average Bonchev–Trinajstić information content (AvgIpc) is 2.63. The van der Waals surface area contributed by atoms with Gasteiger partial charge in [-0.25, -0.2) is 0 Å². The summed E-state index contributed by atoms with van der Waals surface area (Å²) in [4.78, 5) is 0. The first-order valence-electron chi connectivity index (χ1n) is 8.41. The van der Waals surface area contributed by atoms with E-state index in [1.807, 2.05) is 36.4 Å². The van der Waals surface area contributed by atoms with E-state index in [1.54, 1.807) is 0 Å². The minimum atomic E-state index is -0.0173. The fourth-order valence-electron chi connectivity index (χ4n) is 2.99. The number of benzene rings is 3. The zero-order valence-corrected chi connectivity index (χ0v) is 13.8. The Labute approximate surface area is 144 Å². The van der Waals surface area contributed by atoms with Gasteiger partial charge in [-0.3, -0.25) is 0 Å². The van der Waals surface area contributed by atoms with E-state index in [1.165, 1.54) is 11.1 Å². The van der Waals surface area contributed by atoms with Crippen LogP contribution in [-0.2, 0) is 12.8 Å². The molecule has 2 unspecified atom stereocenters. The molecular formula is C22H24N2. The lowest BCUT2D eigenvalue weighted by Gasteiger charge is -2.17. The van der Waals surface area contributed by atoms with Crippen LogP contribution in [0.1, 0.15) is 34.3 Å². The highest BCUT2D eigenvalue weighted by Crippen LogP contribution is 2.22. The molecule has 3 aromatic carbocycles. The normalized spacial score (nSPS) is 13.4. The Balaban J connectivity index is 1.71. The molecule has 0 saturated heterocycles. The third-order valence-corrected chi connectivity index (χ3v) is 4.36. The first kappa shape index (κ1) is 16.4. The molecule has 0 aliphatic carbocycles. The summed E-state index contributed by atoms with van der Waals surface area (Å²) in [6.45, 7) is 0. The molecule has 2 heteroatoms. The average molecular weight is 316 g/mol. The van der Waals surface area contributed by atoms with Gasteiger partial charge in [-0.15, -0.1) is 0 Å². The van der Waals surface area contributed by atoms with E-state index in [-0.39, 0.29) is 12.1 Å². The number of hydrogen-bond donors (Lipinski definition) is 2. The lowest BCUT2D eigenvalue weighted by atomic mass is 9.94. The summed E-state index contributed by atoms with van der Waals surface area (Å²) >= 11 is 0. The molecule has 24 heavy (non-hydrogen) atoms. The van der Waals surface area contributed by atoms with Crippen molar-refractivity contribution in [3.8, 4) is 0 Å². The Morgan fingerprint density at radius 2 is 0.958 bits per heavy atom. The second kappa shape index (κ2) is 7.91. The Morgan fingerprint density at radius 3 is 1.38 bits per heavy atom. The van der Waals surface area contributed by atoms with Crippen molar-refractivity contribution in [2.75, 3.05) is 0 Å². The molecule has 0 saturated carbocycles. The standard InChI is InChI=1S/C22H24N2/c23-21(14-17-8-3-1-4-9-17)19-12-7-13-20(16-19)22(24)15-18-10-5-2-6-11-18/h1-13,16,21-22H,14-15,23-24H2. The quantitative estimate of drug-likeness (QED) is 0.717. The Morgan fingerprint density at radius 1 is 0.542 bits per heavy atom. The summed E-state index contributed by atoms with van der Waals surface area (Å²) in [6.07, 6.45) is 1.66. The van der Waals surface area contributed by atoms with Crippen molar-refractivity contribution in [3.63, 3.8) is 0 Å². The van der Waals surface area contributed by atoms with E-state index >= 15 is 0 Å². The summed E-state index contributed by atoms with van der Waals surface area (Å²) in [6, 6.07) is 29.1. The van der Waals surface area contributed by atoms with Gasteiger partial charge < -0.3 is 11.5 Å². The molecule has 3 aromatic rings. The summed E-state index contributed by atoms with van der Waals surface area (Å²) in [7, 11) is 0. The van der Waals surface area contributed by atoms with Crippen LogP contribution < -0.4 is 11.5 Å². The van der Waals surface area contributed by atoms with Crippen LogP contribution in [0, 0.1) is 0 Å². The molecule has 0 heterocycles. The molecule has 0 spiro atoms. The van der Waals surface area contributed by atoms with Crippen LogP contribution in [0.5, 0.6) is 0 Å². The molecule has 2 atom stereocenters. The van der Waals surface area contributed by atoms with Crippen molar-refractivity contribution in [2.45, 2.75) is 24.9 Å².